The fourth-order valence-corrected chi connectivity index (χ4v) is 3.53. The third kappa shape index (κ3) is 2.97. The minimum atomic E-state index is -3.65. The van der Waals surface area contributed by atoms with Crippen LogP contribution in [0, 0.1) is 0 Å². The van der Waals surface area contributed by atoms with Crippen LogP contribution in [-0.4, -0.2) is 12.0 Å². The summed E-state index contributed by atoms with van der Waals surface area (Å²) in [6.45, 7) is 0. The lowest BCUT2D eigenvalue weighted by Crippen LogP contribution is -1.95. The van der Waals surface area contributed by atoms with Crippen LogP contribution in [0.3, 0.4) is 0 Å². The molecule has 0 amide bonds. The van der Waals surface area contributed by atoms with Crippen molar-refractivity contribution in [2.75, 3.05) is 7.11 Å². The summed E-state index contributed by atoms with van der Waals surface area (Å²) >= 11 is 0. The largest absolute Gasteiger partial charge is 0.332 e. The fraction of sp³-hybridized carbons (Fsp3) is 0.111. The van der Waals surface area contributed by atoms with Crippen LogP contribution in [0.5, 0.6) is 0 Å². The number of benzene rings is 3. The van der Waals surface area contributed by atoms with Crippen LogP contribution in [0.1, 0.15) is 5.56 Å². The van der Waals surface area contributed by atoms with E-state index in [4.69, 9.17) is 4.52 Å². The van der Waals surface area contributed by atoms with E-state index < -0.39 is 7.60 Å². The molecule has 0 saturated heterocycles. The third-order valence-corrected chi connectivity index (χ3v) is 5.06. The zero-order valence-corrected chi connectivity index (χ0v) is 13.2. The lowest BCUT2D eigenvalue weighted by molar-refractivity contribution is 0.314. The number of rotatable bonds is 4. The van der Waals surface area contributed by atoms with Crippen LogP contribution >= 0.6 is 7.60 Å². The number of hydrogen-bond acceptors (Lipinski definition) is 2. The van der Waals surface area contributed by atoms with Gasteiger partial charge in [0, 0.05) is 7.11 Å². The van der Waals surface area contributed by atoms with Gasteiger partial charge in [0.15, 0.2) is 0 Å². The SMILES string of the molecule is COP(=O)(O)Cc1c(-c2ccccc2)ccc2ccccc12. The Morgan fingerprint density at radius 3 is 2.36 bits per heavy atom. The van der Waals surface area contributed by atoms with Crippen LogP contribution in [0.25, 0.3) is 21.9 Å². The topological polar surface area (TPSA) is 46.5 Å². The van der Waals surface area contributed by atoms with E-state index in [1.165, 1.54) is 7.11 Å². The quantitative estimate of drug-likeness (QED) is 0.701. The standard InChI is InChI=1S/C18H17O3P/c1-21-22(19,20)13-18-16-10-6-5-9-15(16)11-12-17(18)14-7-3-2-4-8-14/h2-12H,13H2,1H3,(H,19,20). The molecule has 0 fully saturated rings. The monoisotopic (exact) mass is 312 g/mol. The first kappa shape index (κ1) is 15.0. The van der Waals surface area contributed by atoms with Crippen molar-refractivity contribution in [1.29, 1.82) is 0 Å². The van der Waals surface area contributed by atoms with Gasteiger partial charge in [-0.1, -0.05) is 66.7 Å². The molecule has 22 heavy (non-hydrogen) atoms. The van der Waals surface area contributed by atoms with Crippen LogP contribution in [0.2, 0.25) is 0 Å². The third-order valence-electron chi connectivity index (χ3n) is 3.77. The first-order valence-electron chi connectivity index (χ1n) is 7.04. The summed E-state index contributed by atoms with van der Waals surface area (Å²) in [6, 6.07) is 21.8. The zero-order valence-electron chi connectivity index (χ0n) is 12.3. The van der Waals surface area contributed by atoms with Gasteiger partial charge in [-0.05, 0) is 27.5 Å². The Balaban J connectivity index is 2.26. The summed E-state index contributed by atoms with van der Waals surface area (Å²) in [5.41, 5.74) is 2.84. The Hall–Kier alpha value is -1.93. The molecule has 0 aliphatic carbocycles. The molecule has 0 radical (unpaired) electrons. The van der Waals surface area contributed by atoms with Crippen LogP contribution in [0.15, 0.2) is 66.7 Å². The van der Waals surface area contributed by atoms with Gasteiger partial charge in [-0.3, -0.25) is 4.57 Å². The molecule has 3 aromatic carbocycles. The van der Waals surface area contributed by atoms with Gasteiger partial charge in [0.2, 0.25) is 0 Å². The predicted molar refractivity (Wildman–Crippen MR) is 89.9 cm³/mol. The van der Waals surface area contributed by atoms with Gasteiger partial charge in [0.25, 0.3) is 0 Å². The summed E-state index contributed by atoms with van der Waals surface area (Å²) in [4.78, 5) is 9.94. The molecule has 0 bridgehead atoms. The van der Waals surface area contributed by atoms with Crippen molar-refractivity contribution in [1.82, 2.24) is 0 Å². The molecule has 0 aliphatic rings. The Labute approximate surface area is 129 Å². The average molecular weight is 312 g/mol. The van der Waals surface area contributed by atoms with Gasteiger partial charge in [-0.2, -0.15) is 0 Å². The number of fused-ring (bicyclic) bond motifs is 1. The zero-order chi connectivity index (χ0) is 15.6. The van der Waals surface area contributed by atoms with E-state index in [1.54, 1.807) is 0 Å². The maximum Gasteiger partial charge on any atom is 0.332 e. The van der Waals surface area contributed by atoms with E-state index in [2.05, 4.69) is 0 Å². The Bertz CT molecular complexity index is 843. The van der Waals surface area contributed by atoms with E-state index >= 15 is 0 Å². The van der Waals surface area contributed by atoms with Gasteiger partial charge in [0.1, 0.15) is 0 Å². The lowest BCUT2D eigenvalue weighted by atomic mass is 9.95. The van der Waals surface area contributed by atoms with Crippen molar-refractivity contribution in [3.05, 3.63) is 72.3 Å². The van der Waals surface area contributed by atoms with Crippen LogP contribution in [0.4, 0.5) is 0 Å². The second kappa shape index (κ2) is 6.05. The molecule has 3 rings (SSSR count). The number of hydrogen-bond donors (Lipinski definition) is 1. The normalized spacial score (nSPS) is 13.9. The predicted octanol–water partition coefficient (Wildman–Crippen LogP) is 4.84. The summed E-state index contributed by atoms with van der Waals surface area (Å²) in [5, 5.41) is 2.03. The maximum atomic E-state index is 12.1. The summed E-state index contributed by atoms with van der Waals surface area (Å²) < 4.78 is 16.9. The van der Waals surface area contributed by atoms with Gasteiger partial charge in [-0.25, -0.2) is 0 Å². The molecule has 0 heterocycles. The van der Waals surface area contributed by atoms with E-state index in [9.17, 15) is 9.46 Å². The average Bonchev–Trinajstić information content (AvgIpc) is 2.56. The molecule has 3 nitrogen and oxygen atoms in total. The minimum Gasteiger partial charge on any atom is -0.324 e. The van der Waals surface area contributed by atoms with Crippen molar-refractivity contribution in [2.45, 2.75) is 6.16 Å². The van der Waals surface area contributed by atoms with Crippen molar-refractivity contribution < 1.29 is 14.0 Å². The minimum absolute atomic E-state index is 0.00488. The second-order valence-corrected chi connectivity index (χ2v) is 7.11. The van der Waals surface area contributed by atoms with Gasteiger partial charge >= 0.3 is 7.60 Å². The highest BCUT2D eigenvalue weighted by atomic mass is 31.2. The first-order chi connectivity index (χ1) is 10.6. The van der Waals surface area contributed by atoms with E-state index in [1.807, 2.05) is 66.7 Å². The summed E-state index contributed by atoms with van der Waals surface area (Å²) in [7, 11) is -2.38. The molecule has 3 aromatic rings. The van der Waals surface area contributed by atoms with Crippen LogP contribution < -0.4 is 0 Å². The van der Waals surface area contributed by atoms with E-state index in [0.29, 0.717) is 0 Å². The first-order valence-corrected chi connectivity index (χ1v) is 8.80. The molecule has 112 valence electrons. The van der Waals surface area contributed by atoms with Crippen molar-refractivity contribution in [2.24, 2.45) is 0 Å². The molecule has 0 aliphatic heterocycles. The second-order valence-electron chi connectivity index (χ2n) is 5.16. The van der Waals surface area contributed by atoms with E-state index in [0.717, 1.165) is 27.5 Å². The van der Waals surface area contributed by atoms with E-state index in [-0.39, 0.29) is 6.16 Å². The molecule has 4 heteroatoms. The Morgan fingerprint density at radius 2 is 1.64 bits per heavy atom. The fourth-order valence-electron chi connectivity index (χ4n) is 2.66. The molecular formula is C18H17O3P. The van der Waals surface area contributed by atoms with Gasteiger partial charge in [-0.15, -0.1) is 0 Å². The summed E-state index contributed by atoms with van der Waals surface area (Å²) in [5.74, 6) is 0. The van der Waals surface area contributed by atoms with Crippen LogP contribution in [-0.2, 0) is 15.3 Å². The molecule has 0 spiro atoms. The molecule has 0 aromatic heterocycles. The van der Waals surface area contributed by atoms with Gasteiger partial charge < -0.3 is 9.42 Å². The molecule has 0 saturated carbocycles. The highest BCUT2D eigenvalue weighted by Crippen LogP contribution is 2.48. The highest BCUT2D eigenvalue weighted by Gasteiger charge is 2.22. The smallest absolute Gasteiger partial charge is 0.324 e. The molecular weight excluding hydrogens is 295 g/mol. The summed E-state index contributed by atoms with van der Waals surface area (Å²) in [6.07, 6.45) is -0.00488. The maximum absolute atomic E-state index is 12.1. The van der Waals surface area contributed by atoms with Crippen molar-refractivity contribution in [3.63, 3.8) is 0 Å². The van der Waals surface area contributed by atoms with Crippen molar-refractivity contribution in [3.8, 4) is 11.1 Å². The molecule has 1 unspecified atom stereocenters. The Kier molecular flexibility index (Phi) is 4.12. The Morgan fingerprint density at radius 1 is 0.955 bits per heavy atom. The lowest BCUT2D eigenvalue weighted by Gasteiger charge is -2.16. The van der Waals surface area contributed by atoms with Crippen molar-refractivity contribution >= 4 is 18.4 Å². The molecule has 1 N–H and O–H groups in total. The van der Waals surface area contributed by atoms with Gasteiger partial charge in [0.05, 0.1) is 6.16 Å². The molecule has 1 atom stereocenters. The highest BCUT2D eigenvalue weighted by molar-refractivity contribution is 7.51.